The van der Waals surface area contributed by atoms with Crippen LogP contribution in [0.3, 0.4) is 0 Å². The highest BCUT2D eigenvalue weighted by Crippen LogP contribution is 2.14. The topological polar surface area (TPSA) is 66.8 Å². The summed E-state index contributed by atoms with van der Waals surface area (Å²) in [6.45, 7) is 3.72. The van der Waals surface area contributed by atoms with Gasteiger partial charge in [-0.15, -0.1) is 0 Å². The van der Waals surface area contributed by atoms with Crippen molar-refractivity contribution in [3.05, 3.63) is 34.3 Å². The van der Waals surface area contributed by atoms with Gasteiger partial charge < -0.3 is 14.7 Å². The second-order valence-electron chi connectivity index (χ2n) is 4.32. The third-order valence-electron chi connectivity index (χ3n) is 2.66. The Hall–Kier alpha value is -1.40. The molecule has 0 fully saturated rings. The zero-order valence-electron chi connectivity index (χ0n) is 11.5. The van der Waals surface area contributed by atoms with Gasteiger partial charge in [-0.3, -0.25) is 9.59 Å². The van der Waals surface area contributed by atoms with Crippen LogP contribution in [0.4, 0.5) is 0 Å². The lowest BCUT2D eigenvalue weighted by Crippen LogP contribution is -2.41. The highest BCUT2D eigenvalue weighted by atomic mass is 79.9. The Kier molecular flexibility index (Phi) is 6.67. The normalized spacial score (nSPS) is 11.9. The van der Waals surface area contributed by atoms with E-state index in [0.717, 1.165) is 10.0 Å². The number of hydrogen-bond acceptors (Lipinski definition) is 3. The Labute approximate surface area is 126 Å². The van der Waals surface area contributed by atoms with E-state index in [1.807, 2.05) is 24.3 Å². The van der Waals surface area contributed by atoms with Crippen LogP contribution in [0.2, 0.25) is 0 Å². The maximum Gasteiger partial charge on any atom is 0.323 e. The first-order valence-electron chi connectivity index (χ1n) is 6.30. The number of carboxylic acid groups (broad SMARTS) is 1. The van der Waals surface area contributed by atoms with Crippen LogP contribution >= 0.6 is 15.9 Å². The molecule has 0 heterocycles. The molecular weight excluding hydrogens is 326 g/mol. The van der Waals surface area contributed by atoms with E-state index < -0.39 is 12.1 Å². The van der Waals surface area contributed by atoms with Crippen molar-refractivity contribution in [2.75, 3.05) is 13.2 Å². The fourth-order valence-corrected chi connectivity index (χ4v) is 2.26. The Morgan fingerprint density at radius 3 is 2.70 bits per heavy atom. The van der Waals surface area contributed by atoms with Gasteiger partial charge in [0.05, 0.1) is 0 Å². The third kappa shape index (κ3) is 5.30. The first kappa shape index (κ1) is 16.7. The molecule has 0 aliphatic carbocycles. The molecular formula is C14H18BrNO4. The summed E-state index contributed by atoms with van der Waals surface area (Å²) in [5.41, 5.74) is 0.859. The Morgan fingerprint density at radius 2 is 2.15 bits per heavy atom. The first-order valence-corrected chi connectivity index (χ1v) is 7.10. The number of carbonyl (C=O) groups is 2. The minimum Gasteiger partial charge on any atom is -0.480 e. The molecule has 1 aromatic carbocycles. The average molecular weight is 344 g/mol. The second-order valence-corrected chi connectivity index (χ2v) is 5.23. The number of nitrogens with zero attached hydrogens (tertiary/aromatic N) is 1. The van der Waals surface area contributed by atoms with Gasteiger partial charge in [-0.2, -0.15) is 0 Å². The summed E-state index contributed by atoms with van der Waals surface area (Å²) in [5.74, 6) is -1.37. The van der Waals surface area contributed by atoms with Crippen molar-refractivity contribution in [2.24, 2.45) is 0 Å². The van der Waals surface area contributed by atoms with Crippen molar-refractivity contribution >= 4 is 27.8 Å². The van der Waals surface area contributed by atoms with Crippen molar-refractivity contribution in [3.63, 3.8) is 0 Å². The van der Waals surface area contributed by atoms with Crippen molar-refractivity contribution < 1.29 is 19.4 Å². The largest absolute Gasteiger partial charge is 0.480 e. The van der Waals surface area contributed by atoms with Gasteiger partial charge in [-0.1, -0.05) is 28.1 Å². The van der Waals surface area contributed by atoms with Gasteiger partial charge in [0.15, 0.2) is 0 Å². The summed E-state index contributed by atoms with van der Waals surface area (Å²) in [5, 5.41) is 8.93. The number of halogens is 1. The molecule has 1 aromatic rings. The highest BCUT2D eigenvalue weighted by Gasteiger charge is 2.23. The lowest BCUT2D eigenvalue weighted by atomic mass is 10.2. The van der Waals surface area contributed by atoms with Crippen LogP contribution in [0.15, 0.2) is 28.7 Å². The Morgan fingerprint density at radius 1 is 1.45 bits per heavy atom. The van der Waals surface area contributed by atoms with E-state index in [1.54, 1.807) is 13.8 Å². The molecule has 1 amide bonds. The molecule has 0 saturated carbocycles. The Bertz CT molecular complexity index is 478. The zero-order chi connectivity index (χ0) is 15.1. The molecule has 0 aliphatic heterocycles. The molecule has 0 aromatic heterocycles. The first-order chi connectivity index (χ1) is 9.43. The van der Waals surface area contributed by atoms with Gasteiger partial charge >= 0.3 is 5.97 Å². The van der Waals surface area contributed by atoms with Crippen LogP contribution in [0.5, 0.6) is 0 Å². The predicted octanol–water partition coefficient (Wildman–Crippen LogP) is 2.29. The molecule has 6 heteroatoms. The molecule has 110 valence electrons. The van der Waals surface area contributed by atoms with E-state index in [4.69, 9.17) is 9.84 Å². The van der Waals surface area contributed by atoms with Gasteiger partial charge in [0.2, 0.25) is 0 Å². The summed E-state index contributed by atoms with van der Waals surface area (Å²) < 4.78 is 6.12. The molecule has 0 aliphatic rings. The minimum atomic E-state index is -1.04. The van der Waals surface area contributed by atoms with Crippen molar-refractivity contribution in [3.8, 4) is 0 Å². The maximum atomic E-state index is 12.2. The van der Waals surface area contributed by atoms with Crippen molar-refractivity contribution in [1.29, 1.82) is 0 Å². The fraction of sp³-hybridized carbons (Fsp3) is 0.429. The van der Waals surface area contributed by atoms with E-state index in [9.17, 15) is 9.59 Å². The summed E-state index contributed by atoms with van der Waals surface area (Å²) in [4.78, 5) is 24.4. The minimum absolute atomic E-state index is 0.238. The summed E-state index contributed by atoms with van der Waals surface area (Å²) in [6, 6.07) is 7.41. The molecule has 0 radical (unpaired) electrons. The van der Waals surface area contributed by atoms with E-state index in [-0.39, 0.29) is 19.0 Å². The van der Waals surface area contributed by atoms with Crippen LogP contribution in [0.25, 0.3) is 0 Å². The van der Waals surface area contributed by atoms with Gasteiger partial charge in [-0.25, -0.2) is 0 Å². The van der Waals surface area contributed by atoms with Crippen LogP contribution in [-0.4, -0.2) is 41.1 Å². The predicted molar refractivity (Wildman–Crippen MR) is 78.3 cm³/mol. The molecule has 0 spiro atoms. The second kappa shape index (κ2) is 8.01. The molecule has 0 saturated heterocycles. The summed E-state index contributed by atoms with van der Waals surface area (Å²) in [6.07, 6.45) is -0.647. The van der Waals surface area contributed by atoms with Gasteiger partial charge in [-0.05, 0) is 31.5 Å². The molecule has 1 atom stereocenters. The molecule has 1 unspecified atom stereocenters. The van der Waals surface area contributed by atoms with Crippen LogP contribution < -0.4 is 0 Å². The average Bonchev–Trinajstić information content (AvgIpc) is 2.37. The highest BCUT2D eigenvalue weighted by molar-refractivity contribution is 9.10. The number of benzene rings is 1. The molecule has 1 rings (SSSR count). The van der Waals surface area contributed by atoms with Crippen LogP contribution in [0, 0.1) is 0 Å². The number of hydrogen-bond donors (Lipinski definition) is 1. The van der Waals surface area contributed by atoms with E-state index in [2.05, 4.69) is 15.9 Å². The molecule has 1 N–H and O–H groups in total. The lowest BCUT2D eigenvalue weighted by molar-refractivity contribution is -0.150. The fourth-order valence-electron chi connectivity index (χ4n) is 1.81. The number of ether oxygens (including phenoxy) is 1. The van der Waals surface area contributed by atoms with E-state index in [1.165, 1.54) is 4.90 Å². The number of aliphatic carboxylic acids is 1. The Balaban J connectivity index is 2.83. The monoisotopic (exact) mass is 343 g/mol. The third-order valence-corrected chi connectivity index (χ3v) is 3.16. The van der Waals surface area contributed by atoms with Gasteiger partial charge in [0, 0.05) is 17.6 Å². The smallest absolute Gasteiger partial charge is 0.323 e. The lowest BCUT2D eigenvalue weighted by Gasteiger charge is -2.24. The van der Waals surface area contributed by atoms with Crippen molar-refractivity contribution in [1.82, 2.24) is 4.90 Å². The van der Waals surface area contributed by atoms with Crippen LogP contribution in [0.1, 0.15) is 19.4 Å². The molecule has 5 nitrogen and oxygen atoms in total. The maximum absolute atomic E-state index is 12.2. The number of rotatable bonds is 7. The summed E-state index contributed by atoms with van der Waals surface area (Å²) >= 11 is 3.35. The van der Waals surface area contributed by atoms with E-state index in [0.29, 0.717) is 6.61 Å². The standard InChI is InChI=1S/C14H18BrNO4/c1-3-20-10(2)14(19)16(9-13(17)18)8-11-5-4-6-12(15)7-11/h4-7,10H,3,8-9H2,1-2H3,(H,17,18). The van der Waals surface area contributed by atoms with Crippen LogP contribution in [-0.2, 0) is 20.9 Å². The molecule has 20 heavy (non-hydrogen) atoms. The summed E-state index contributed by atoms with van der Waals surface area (Å²) in [7, 11) is 0. The number of carbonyl (C=O) groups excluding carboxylic acids is 1. The van der Waals surface area contributed by atoms with Gasteiger partial charge in [0.1, 0.15) is 12.6 Å². The molecule has 0 bridgehead atoms. The van der Waals surface area contributed by atoms with E-state index >= 15 is 0 Å². The number of amides is 1. The SMILES string of the molecule is CCOC(C)C(=O)N(CC(=O)O)Cc1cccc(Br)c1. The van der Waals surface area contributed by atoms with Crippen molar-refractivity contribution in [2.45, 2.75) is 26.5 Å². The van der Waals surface area contributed by atoms with Gasteiger partial charge in [0.25, 0.3) is 5.91 Å². The quantitative estimate of drug-likeness (QED) is 0.824. The number of carboxylic acids is 1. The zero-order valence-corrected chi connectivity index (χ0v) is 13.1.